The summed E-state index contributed by atoms with van der Waals surface area (Å²) in [5, 5.41) is 14.7. The Morgan fingerprint density at radius 1 is 1.07 bits per heavy atom. The number of anilines is 2. The van der Waals surface area contributed by atoms with Crippen molar-refractivity contribution in [2.24, 2.45) is 0 Å². The monoisotopic (exact) mass is 400 g/mol. The fourth-order valence-electron chi connectivity index (χ4n) is 4.06. The quantitative estimate of drug-likeness (QED) is 0.644. The Labute approximate surface area is 167 Å². The van der Waals surface area contributed by atoms with E-state index >= 15 is 0 Å². The molecule has 10 heteroatoms. The van der Waals surface area contributed by atoms with Gasteiger partial charge in [-0.3, -0.25) is 0 Å². The van der Waals surface area contributed by atoms with Crippen LogP contribution in [0.25, 0.3) is 5.65 Å². The fraction of sp³-hybridized carbons (Fsp3) is 0.611. The molecule has 3 aromatic heterocycles. The molecule has 0 aromatic carbocycles. The van der Waals surface area contributed by atoms with Gasteiger partial charge in [-0.25, -0.2) is 4.98 Å². The van der Waals surface area contributed by atoms with Crippen LogP contribution in [0.2, 0.25) is 0 Å². The fourth-order valence-corrected chi connectivity index (χ4v) is 4.78. The van der Waals surface area contributed by atoms with Crippen LogP contribution in [0, 0.1) is 0 Å². The highest BCUT2D eigenvalue weighted by atomic mass is 32.1. The van der Waals surface area contributed by atoms with Gasteiger partial charge in [0.2, 0.25) is 5.13 Å². The first-order valence-electron chi connectivity index (χ1n) is 9.85. The van der Waals surface area contributed by atoms with Gasteiger partial charge in [-0.2, -0.15) is 8.89 Å². The third kappa shape index (κ3) is 3.30. The van der Waals surface area contributed by atoms with E-state index in [9.17, 15) is 0 Å². The van der Waals surface area contributed by atoms with Gasteiger partial charge in [-0.15, -0.1) is 15.3 Å². The van der Waals surface area contributed by atoms with Gasteiger partial charge in [0.05, 0.1) is 0 Å². The van der Waals surface area contributed by atoms with Gasteiger partial charge in [-0.05, 0) is 37.8 Å². The van der Waals surface area contributed by atoms with Crippen LogP contribution in [0.3, 0.4) is 0 Å². The highest BCUT2D eigenvalue weighted by molar-refractivity contribution is 7.09. The third-order valence-corrected chi connectivity index (χ3v) is 6.38. The largest absolute Gasteiger partial charge is 0.377 e. The Morgan fingerprint density at radius 3 is 2.68 bits per heavy atom. The number of hydrogen-bond donors (Lipinski definition) is 0. The second-order valence-electron chi connectivity index (χ2n) is 7.40. The maximum atomic E-state index is 5.12. The first-order valence-corrected chi connectivity index (χ1v) is 10.6. The van der Waals surface area contributed by atoms with Crippen LogP contribution >= 0.6 is 11.5 Å². The molecule has 9 nitrogen and oxygen atoms in total. The van der Waals surface area contributed by atoms with E-state index in [0.29, 0.717) is 12.5 Å². The minimum Gasteiger partial charge on any atom is -0.377 e. The molecule has 0 bridgehead atoms. The molecule has 0 saturated carbocycles. The summed E-state index contributed by atoms with van der Waals surface area (Å²) < 4.78 is 11.4. The van der Waals surface area contributed by atoms with Crippen LogP contribution in [0.1, 0.15) is 43.3 Å². The number of hydrogen-bond acceptors (Lipinski definition) is 9. The molecule has 3 aromatic rings. The van der Waals surface area contributed by atoms with Gasteiger partial charge in [0.25, 0.3) is 0 Å². The average Bonchev–Trinajstić information content (AvgIpc) is 3.48. The van der Waals surface area contributed by atoms with Crippen molar-refractivity contribution in [3.8, 4) is 0 Å². The summed E-state index contributed by atoms with van der Waals surface area (Å²) in [5.74, 6) is 3.13. The van der Waals surface area contributed by atoms with E-state index in [2.05, 4.69) is 35.4 Å². The maximum Gasteiger partial charge on any atom is 0.205 e. The molecule has 0 spiro atoms. The number of aromatic nitrogens is 6. The first-order chi connectivity index (χ1) is 13.8. The zero-order valence-corrected chi connectivity index (χ0v) is 16.8. The number of methoxy groups -OCH3 is 1. The van der Waals surface area contributed by atoms with Crippen LogP contribution < -0.4 is 9.80 Å². The molecule has 0 unspecified atom stereocenters. The summed E-state index contributed by atoms with van der Waals surface area (Å²) in [6, 6.07) is 4.10. The van der Waals surface area contributed by atoms with Crippen molar-refractivity contribution >= 4 is 28.1 Å². The average molecular weight is 401 g/mol. The molecule has 0 atom stereocenters. The summed E-state index contributed by atoms with van der Waals surface area (Å²) in [7, 11) is 1.66. The standard InChI is InChI=1S/C18H24N8OS/c1-27-12-14-19-18(28-23-14)25-10-6-13(7-11-25)17-21-20-15-4-5-16(22-26(15)17)24-8-2-3-9-24/h4-5,13H,2-3,6-12H2,1H3. The minimum absolute atomic E-state index is 0.360. The van der Waals surface area contributed by atoms with E-state index in [-0.39, 0.29) is 0 Å². The van der Waals surface area contributed by atoms with E-state index in [0.717, 1.165) is 67.3 Å². The zero-order chi connectivity index (χ0) is 18.9. The van der Waals surface area contributed by atoms with Gasteiger partial charge in [0.15, 0.2) is 17.3 Å². The molecule has 2 aliphatic heterocycles. The van der Waals surface area contributed by atoms with Crippen LogP contribution in [0.15, 0.2) is 12.1 Å². The molecule has 28 heavy (non-hydrogen) atoms. The van der Waals surface area contributed by atoms with Gasteiger partial charge in [0, 0.05) is 50.7 Å². The van der Waals surface area contributed by atoms with Gasteiger partial charge < -0.3 is 14.5 Å². The van der Waals surface area contributed by atoms with Crippen LogP contribution in [0.4, 0.5) is 10.9 Å². The van der Waals surface area contributed by atoms with Crippen molar-refractivity contribution in [1.82, 2.24) is 29.2 Å². The van der Waals surface area contributed by atoms with Crippen molar-refractivity contribution < 1.29 is 4.74 Å². The van der Waals surface area contributed by atoms with E-state index < -0.39 is 0 Å². The number of fused-ring (bicyclic) bond motifs is 1. The van der Waals surface area contributed by atoms with Crippen LogP contribution in [-0.2, 0) is 11.3 Å². The molecule has 5 rings (SSSR count). The summed E-state index contributed by atoms with van der Waals surface area (Å²) in [4.78, 5) is 9.23. The predicted molar refractivity (Wildman–Crippen MR) is 107 cm³/mol. The Morgan fingerprint density at radius 2 is 1.89 bits per heavy atom. The lowest BCUT2D eigenvalue weighted by Gasteiger charge is -2.30. The summed E-state index contributed by atoms with van der Waals surface area (Å²) in [6.45, 7) is 4.51. The van der Waals surface area contributed by atoms with Gasteiger partial charge in [0.1, 0.15) is 12.4 Å². The third-order valence-electron chi connectivity index (χ3n) is 5.56. The zero-order valence-electron chi connectivity index (χ0n) is 16.0. The van der Waals surface area contributed by atoms with Crippen LogP contribution in [-0.4, -0.2) is 62.5 Å². The SMILES string of the molecule is COCc1nsc(N2CCC(c3nnc4ccc(N5CCCC5)nn34)CC2)n1. The molecular weight excluding hydrogens is 376 g/mol. The molecule has 0 N–H and O–H groups in total. The Balaban J connectivity index is 1.31. The lowest BCUT2D eigenvalue weighted by atomic mass is 9.96. The summed E-state index contributed by atoms with van der Waals surface area (Å²) >= 11 is 1.45. The smallest absolute Gasteiger partial charge is 0.205 e. The van der Waals surface area contributed by atoms with E-state index in [1.807, 2.05) is 10.6 Å². The number of nitrogens with zero attached hydrogens (tertiary/aromatic N) is 8. The molecule has 2 fully saturated rings. The molecule has 2 saturated heterocycles. The van der Waals surface area contributed by atoms with E-state index in [1.54, 1.807) is 7.11 Å². The van der Waals surface area contributed by atoms with Crippen molar-refractivity contribution in [1.29, 1.82) is 0 Å². The maximum absolute atomic E-state index is 5.12. The number of ether oxygens (including phenoxy) is 1. The summed E-state index contributed by atoms with van der Waals surface area (Å²) in [6.07, 6.45) is 4.50. The molecule has 5 heterocycles. The molecule has 0 amide bonds. The highest BCUT2D eigenvalue weighted by Gasteiger charge is 2.27. The normalized spacial score (nSPS) is 18.5. The summed E-state index contributed by atoms with van der Waals surface area (Å²) in [5.41, 5.74) is 0.828. The van der Waals surface area contributed by atoms with Gasteiger partial charge in [-0.1, -0.05) is 0 Å². The molecule has 2 aliphatic rings. The van der Waals surface area contributed by atoms with E-state index in [1.165, 1.54) is 24.4 Å². The highest BCUT2D eigenvalue weighted by Crippen LogP contribution is 2.30. The predicted octanol–water partition coefficient (Wildman–Crippen LogP) is 2.11. The Kier molecular flexibility index (Phi) is 4.81. The molecular formula is C18H24N8OS. The first kappa shape index (κ1) is 17.7. The number of piperidine rings is 1. The molecule has 0 aliphatic carbocycles. The van der Waals surface area contributed by atoms with Crippen molar-refractivity contribution in [2.75, 3.05) is 43.1 Å². The molecule has 148 valence electrons. The lowest BCUT2D eigenvalue weighted by Crippen LogP contribution is -2.33. The van der Waals surface area contributed by atoms with Crippen molar-refractivity contribution in [2.45, 2.75) is 38.2 Å². The molecule has 0 radical (unpaired) electrons. The Hall–Kier alpha value is -2.33. The van der Waals surface area contributed by atoms with Gasteiger partial charge >= 0.3 is 0 Å². The lowest BCUT2D eigenvalue weighted by molar-refractivity contribution is 0.179. The second kappa shape index (κ2) is 7.59. The van der Waals surface area contributed by atoms with Crippen LogP contribution in [0.5, 0.6) is 0 Å². The number of rotatable bonds is 5. The van der Waals surface area contributed by atoms with Crippen molar-refractivity contribution in [3.63, 3.8) is 0 Å². The minimum atomic E-state index is 0.360. The van der Waals surface area contributed by atoms with E-state index in [4.69, 9.17) is 9.84 Å². The second-order valence-corrected chi connectivity index (χ2v) is 8.13. The van der Waals surface area contributed by atoms with Crippen molar-refractivity contribution in [3.05, 3.63) is 23.8 Å². The topological polar surface area (TPSA) is 84.6 Å². The Bertz CT molecular complexity index is 942.